The van der Waals surface area contributed by atoms with Crippen molar-refractivity contribution in [1.82, 2.24) is 14.5 Å². The first-order chi connectivity index (χ1) is 14.1. The summed E-state index contributed by atoms with van der Waals surface area (Å²) in [6.07, 6.45) is 3.72. The zero-order chi connectivity index (χ0) is 20.2. The predicted octanol–water partition coefficient (Wildman–Crippen LogP) is 3.73. The maximum absolute atomic E-state index is 12.7. The Hall–Kier alpha value is -2.85. The predicted molar refractivity (Wildman–Crippen MR) is 119 cm³/mol. The van der Waals surface area contributed by atoms with Gasteiger partial charge >= 0.3 is 0 Å². The van der Waals surface area contributed by atoms with Gasteiger partial charge in [-0.05, 0) is 35.9 Å². The Morgan fingerprint density at radius 1 is 1.10 bits per heavy atom. The van der Waals surface area contributed by atoms with Gasteiger partial charge in [0.25, 0.3) is 0 Å². The molecule has 154 valence electrons. The average molecular weight is 442 g/mol. The number of nitriles is 1. The molecule has 4 rings (SSSR count). The number of halogens is 2. The second kappa shape index (κ2) is 9.77. The molecule has 1 aliphatic heterocycles. The van der Waals surface area contributed by atoms with Crippen LogP contribution in [0.5, 0.6) is 0 Å². The lowest BCUT2D eigenvalue weighted by Gasteiger charge is -2.34. The van der Waals surface area contributed by atoms with E-state index >= 15 is 0 Å². The molecule has 0 aliphatic carbocycles. The van der Waals surface area contributed by atoms with Crippen LogP contribution in [0.2, 0.25) is 5.02 Å². The normalized spacial score (nSPS) is 14.3. The minimum absolute atomic E-state index is 0. The third kappa shape index (κ3) is 5.00. The molecular formula is C22H21Cl2N5O. The van der Waals surface area contributed by atoms with E-state index in [1.165, 1.54) is 0 Å². The molecule has 1 amide bonds. The molecule has 0 saturated carbocycles. The average Bonchev–Trinajstić information content (AvgIpc) is 3.15. The molecule has 1 aliphatic rings. The van der Waals surface area contributed by atoms with Crippen LogP contribution in [-0.4, -0.2) is 40.0 Å². The van der Waals surface area contributed by atoms with Gasteiger partial charge < -0.3 is 9.47 Å². The molecule has 1 aromatic heterocycles. The third-order valence-corrected chi connectivity index (χ3v) is 5.26. The van der Waals surface area contributed by atoms with Crippen molar-refractivity contribution >= 4 is 35.6 Å². The van der Waals surface area contributed by atoms with Crippen LogP contribution < -0.4 is 4.90 Å². The maximum Gasteiger partial charge on any atom is 0.241 e. The maximum atomic E-state index is 12.7. The standard InChI is InChI=1S/C22H20ClN5O.ClH/c23-19-2-1-3-20(12-19)28-11-10-26(16-22(28)29)15-21-25-8-9-27(21)14-18-6-4-17(13-24)5-7-18;/h1-9,12H,10-11,14-16H2;1H. The zero-order valence-electron chi connectivity index (χ0n) is 16.2. The van der Waals surface area contributed by atoms with Gasteiger partial charge in [0, 0.05) is 42.7 Å². The summed E-state index contributed by atoms with van der Waals surface area (Å²) in [6, 6.07) is 17.1. The van der Waals surface area contributed by atoms with Crippen LogP contribution in [0.1, 0.15) is 17.0 Å². The number of imidazole rings is 1. The molecule has 0 spiro atoms. The van der Waals surface area contributed by atoms with E-state index in [2.05, 4.69) is 20.5 Å². The van der Waals surface area contributed by atoms with Crippen molar-refractivity contribution in [2.24, 2.45) is 0 Å². The number of nitrogens with zero attached hydrogens (tertiary/aromatic N) is 5. The topological polar surface area (TPSA) is 65.2 Å². The van der Waals surface area contributed by atoms with E-state index in [0.29, 0.717) is 36.8 Å². The number of carbonyl (C=O) groups excluding carboxylic acids is 1. The Labute approximate surface area is 186 Å². The molecule has 30 heavy (non-hydrogen) atoms. The molecule has 0 unspecified atom stereocenters. The van der Waals surface area contributed by atoms with Crippen LogP contribution in [0.25, 0.3) is 0 Å². The fourth-order valence-electron chi connectivity index (χ4n) is 3.49. The van der Waals surface area contributed by atoms with E-state index in [1.807, 2.05) is 48.7 Å². The van der Waals surface area contributed by atoms with Gasteiger partial charge in [-0.15, -0.1) is 12.4 Å². The van der Waals surface area contributed by atoms with Crippen molar-refractivity contribution < 1.29 is 4.79 Å². The summed E-state index contributed by atoms with van der Waals surface area (Å²) in [5.74, 6) is 0.974. The molecule has 8 heteroatoms. The van der Waals surface area contributed by atoms with E-state index in [0.717, 1.165) is 23.6 Å². The van der Waals surface area contributed by atoms with Crippen molar-refractivity contribution in [3.05, 3.63) is 82.9 Å². The van der Waals surface area contributed by atoms with Crippen molar-refractivity contribution in [3.8, 4) is 6.07 Å². The van der Waals surface area contributed by atoms with E-state index in [-0.39, 0.29) is 18.3 Å². The van der Waals surface area contributed by atoms with Crippen molar-refractivity contribution in [2.75, 3.05) is 24.5 Å². The molecule has 1 saturated heterocycles. The van der Waals surface area contributed by atoms with Crippen LogP contribution in [0.4, 0.5) is 5.69 Å². The van der Waals surface area contributed by atoms with Crippen LogP contribution >= 0.6 is 24.0 Å². The number of anilines is 1. The third-order valence-electron chi connectivity index (χ3n) is 5.02. The van der Waals surface area contributed by atoms with Gasteiger partial charge in [-0.1, -0.05) is 29.8 Å². The Kier molecular flexibility index (Phi) is 7.11. The zero-order valence-corrected chi connectivity index (χ0v) is 17.8. The molecule has 2 aromatic carbocycles. The second-order valence-corrected chi connectivity index (χ2v) is 7.45. The van der Waals surface area contributed by atoms with Gasteiger partial charge in [-0.2, -0.15) is 5.26 Å². The van der Waals surface area contributed by atoms with E-state index in [9.17, 15) is 4.79 Å². The highest BCUT2D eigenvalue weighted by Crippen LogP contribution is 2.22. The Bertz CT molecular complexity index is 1060. The lowest BCUT2D eigenvalue weighted by molar-refractivity contribution is -0.121. The first-order valence-electron chi connectivity index (χ1n) is 9.40. The highest BCUT2D eigenvalue weighted by Gasteiger charge is 2.26. The lowest BCUT2D eigenvalue weighted by atomic mass is 10.1. The van der Waals surface area contributed by atoms with Crippen LogP contribution in [0, 0.1) is 11.3 Å². The van der Waals surface area contributed by atoms with E-state index in [4.69, 9.17) is 16.9 Å². The molecule has 0 atom stereocenters. The Morgan fingerprint density at radius 2 is 1.90 bits per heavy atom. The monoisotopic (exact) mass is 441 g/mol. The minimum atomic E-state index is 0. The quantitative estimate of drug-likeness (QED) is 0.604. The number of hydrogen-bond donors (Lipinski definition) is 0. The number of amides is 1. The summed E-state index contributed by atoms with van der Waals surface area (Å²) in [4.78, 5) is 21.0. The summed E-state index contributed by atoms with van der Waals surface area (Å²) < 4.78 is 2.08. The first-order valence-corrected chi connectivity index (χ1v) is 9.77. The molecular weight excluding hydrogens is 421 g/mol. The molecule has 3 aromatic rings. The van der Waals surface area contributed by atoms with Crippen LogP contribution in [0.15, 0.2) is 60.9 Å². The lowest BCUT2D eigenvalue weighted by Crippen LogP contribution is -2.50. The fourth-order valence-corrected chi connectivity index (χ4v) is 3.68. The van der Waals surface area contributed by atoms with Gasteiger partial charge in [0.15, 0.2) is 0 Å². The number of piperazine rings is 1. The number of aromatic nitrogens is 2. The van der Waals surface area contributed by atoms with Gasteiger partial charge in [0.1, 0.15) is 5.82 Å². The van der Waals surface area contributed by atoms with Gasteiger partial charge in [0.2, 0.25) is 5.91 Å². The summed E-state index contributed by atoms with van der Waals surface area (Å²) in [6.45, 7) is 3.02. The molecule has 6 nitrogen and oxygen atoms in total. The number of rotatable bonds is 5. The molecule has 1 fully saturated rings. The van der Waals surface area contributed by atoms with Crippen LogP contribution in [-0.2, 0) is 17.9 Å². The number of carbonyl (C=O) groups is 1. The largest absolute Gasteiger partial charge is 0.329 e. The van der Waals surface area contributed by atoms with Crippen molar-refractivity contribution in [1.29, 1.82) is 5.26 Å². The summed E-state index contributed by atoms with van der Waals surface area (Å²) in [5, 5.41) is 9.56. The minimum Gasteiger partial charge on any atom is -0.329 e. The van der Waals surface area contributed by atoms with Gasteiger partial charge in [-0.25, -0.2) is 4.98 Å². The van der Waals surface area contributed by atoms with E-state index in [1.54, 1.807) is 17.2 Å². The fraction of sp³-hybridized carbons (Fsp3) is 0.227. The highest BCUT2D eigenvalue weighted by atomic mass is 35.5. The van der Waals surface area contributed by atoms with Crippen molar-refractivity contribution in [2.45, 2.75) is 13.1 Å². The molecule has 0 radical (unpaired) electrons. The van der Waals surface area contributed by atoms with Gasteiger partial charge in [0.05, 0.1) is 24.7 Å². The van der Waals surface area contributed by atoms with Crippen molar-refractivity contribution in [3.63, 3.8) is 0 Å². The smallest absolute Gasteiger partial charge is 0.241 e. The first kappa shape index (κ1) is 21.8. The van der Waals surface area contributed by atoms with Gasteiger partial charge in [-0.3, -0.25) is 9.69 Å². The Morgan fingerprint density at radius 3 is 2.60 bits per heavy atom. The highest BCUT2D eigenvalue weighted by molar-refractivity contribution is 6.30. The SMILES string of the molecule is Cl.N#Cc1ccc(Cn2ccnc2CN2CCN(c3cccc(Cl)c3)C(=O)C2)cc1. The number of hydrogen-bond acceptors (Lipinski definition) is 4. The van der Waals surface area contributed by atoms with Crippen LogP contribution in [0.3, 0.4) is 0 Å². The second-order valence-electron chi connectivity index (χ2n) is 7.02. The molecule has 0 bridgehead atoms. The molecule has 2 heterocycles. The molecule has 0 N–H and O–H groups in total. The summed E-state index contributed by atoms with van der Waals surface area (Å²) in [7, 11) is 0. The summed E-state index contributed by atoms with van der Waals surface area (Å²) >= 11 is 6.06. The number of benzene rings is 2. The van der Waals surface area contributed by atoms with E-state index < -0.39 is 0 Å². The summed E-state index contributed by atoms with van der Waals surface area (Å²) in [5.41, 5.74) is 2.59. The Balaban J connectivity index is 0.00000256.